The van der Waals surface area contributed by atoms with E-state index in [9.17, 15) is 0 Å². The highest BCUT2D eigenvalue weighted by atomic mass is 79.9. The van der Waals surface area contributed by atoms with Crippen LogP contribution in [0.2, 0.25) is 19.6 Å². The van der Waals surface area contributed by atoms with E-state index in [4.69, 9.17) is 0 Å². The second kappa shape index (κ2) is 4.68. The van der Waals surface area contributed by atoms with E-state index in [0.717, 1.165) is 10.0 Å². The summed E-state index contributed by atoms with van der Waals surface area (Å²) in [5, 5.41) is 0. The summed E-state index contributed by atoms with van der Waals surface area (Å²) in [6, 6.07) is 12.6. The Hall–Kier alpha value is -1.04. The molecule has 0 amide bonds. The lowest BCUT2D eigenvalue weighted by molar-refractivity contribution is 1.74. The zero-order chi connectivity index (χ0) is 12.5. The fourth-order valence-corrected chi connectivity index (χ4v) is 2.68. The van der Waals surface area contributed by atoms with Crippen LogP contribution in [0.4, 0.5) is 0 Å². The van der Waals surface area contributed by atoms with Crippen LogP contribution in [0.3, 0.4) is 0 Å². The maximum absolute atomic E-state index is 3.65. The van der Waals surface area contributed by atoms with Gasteiger partial charge in [0.15, 0.2) is 0 Å². The Morgan fingerprint density at radius 3 is 2.47 bits per heavy atom. The van der Waals surface area contributed by atoms with Crippen molar-refractivity contribution in [3.63, 3.8) is 0 Å². The minimum atomic E-state index is -1.31. The van der Waals surface area contributed by atoms with Gasteiger partial charge in [-0.15, -0.1) is 5.54 Å². The van der Waals surface area contributed by atoms with Gasteiger partial charge in [-0.25, -0.2) is 0 Å². The summed E-state index contributed by atoms with van der Waals surface area (Å²) in [7, 11) is -1.31. The first-order chi connectivity index (χ1) is 7.97. The zero-order valence-electron chi connectivity index (χ0n) is 10.3. The van der Waals surface area contributed by atoms with Gasteiger partial charge < -0.3 is 0 Å². The Morgan fingerprint density at radius 1 is 1.06 bits per heavy atom. The Morgan fingerprint density at radius 2 is 1.76 bits per heavy atom. The molecule has 0 aromatic heterocycles. The first kappa shape index (κ1) is 12.4. The molecule has 86 valence electrons. The van der Waals surface area contributed by atoms with E-state index in [1.54, 1.807) is 0 Å². The van der Waals surface area contributed by atoms with E-state index in [-0.39, 0.29) is 0 Å². The van der Waals surface area contributed by atoms with E-state index in [2.05, 4.69) is 77.4 Å². The van der Waals surface area contributed by atoms with Crippen LogP contribution in [-0.4, -0.2) is 8.07 Å². The molecule has 0 unspecified atom stereocenters. The zero-order valence-corrected chi connectivity index (χ0v) is 12.9. The van der Waals surface area contributed by atoms with Crippen molar-refractivity contribution < 1.29 is 0 Å². The third-order valence-electron chi connectivity index (χ3n) is 2.42. The lowest BCUT2D eigenvalue weighted by Gasteiger charge is -2.02. The van der Waals surface area contributed by atoms with Crippen molar-refractivity contribution in [2.45, 2.75) is 19.6 Å². The number of rotatable bonds is 0. The molecular weight excluding hydrogens is 288 g/mol. The maximum atomic E-state index is 3.65. The molecule has 0 aliphatic heterocycles. The smallest absolute Gasteiger partial charge is 0.127 e. The molecule has 2 aliphatic carbocycles. The molecule has 2 aliphatic rings. The molecule has 0 saturated heterocycles. The number of hydrogen-bond acceptors (Lipinski definition) is 0. The van der Waals surface area contributed by atoms with Gasteiger partial charge in [0.25, 0.3) is 0 Å². The normalized spacial score (nSPS) is 11.1. The molecule has 0 nitrogen and oxygen atoms in total. The lowest BCUT2D eigenvalue weighted by Crippen LogP contribution is -2.16. The van der Waals surface area contributed by atoms with Crippen LogP contribution in [0.15, 0.2) is 40.9 Å². The summed E-state index contributed by atoms with van der Waals surface area (Å²) in [5.74, 6) is 3.32. The monoisotopic (exact) mass is 302 g/mol. The Kier molecular flexibility index (Phi) is 3.42. The Bertz CT molecular complexity index is 570. The van der Waals surface area contributed by atoms with Crippen LogP contribution in [0.5, 0.6) is 0 Å². The first-order valence-corrected chi connectivity index (χ1v) is 9.97. The highest BCUT2D eigenvalue weighted by Crippen LogP contribution is 2.34. The summed E-state index contributed by atoms with van der Waals surface area (Å²) in [6.07, 6.45) is 0. The van der Waals surface area contributed by atoms with Crippen molar-refractivity contribution in [2.24, 2.45) is 0 Å². The van der Waals surface area contributed by atoms with Gasteiger partial charge >= 0.3 is 0 Å². The molecule has 0 aromatic carbocycles. The van der Waals surface area contributed by atoms with Gasteiger partial charge in [0.1, 0.15) is 8.07 Å². The molecule has 2 rings (SSSR count). The van der Waals surface area contributed by atoms with E-state index < -0.39 is 8.07 Å². The van der Waals surface area contributed by atoms with Crippen molar-refractivity contribution >= 4 is 24.0 Å². The van der Waals surface area contributed by atoms with Gasteiger partial charge in [0, 0.05) is 10.0 Å². The van der Waals surface area contributed by atoms with Crippen LogP contribution in [0.1, 0.15) is 5.56 Å². The number of hydrogen-bond donors (Lipinski definition) is 0. The average Bonchev–Trinajstić information content (AvgIpc) is 2.43. The fourth-order valence-electron chi connectivity index (χ4n) is 1.60. The van der Waals surface area contributed by atoms with Crippen LogP contribution in [0, 0.1) is 11.5 Å². The second-order valence-electron chi connectivity index (χ2n) is 5.15. The summed E-state index contributed by atoms with van der Waals surface area (Å²) in [6.45, 7) is 6.78. The fraction of sp³-hybridized carbons (Fsp3) is 0.200. The molecule has 17 heavy (non-hydrogen) atoms. The molecule has 0 atom stereocenters. The lowest BCUT2D eigenvalue weighted by atomic mass is 10.2. The predicted octanol–water partition coefficient (Wildman–Crippen LogP) is 4.78. The first-order valence-electron chi connectivity index (χ1n) is 5.68. The predicted molar refractivity (Wildman–Crippen MR) is 81.0 cm³/mol. The summed E-state index contributed by atoms with van der Waals surface area (Å²) in [5.41, 5.74) is 6.98. The summed E-state index contributed by atoms with van der Waals surface area (Å²) >= 11 is 3.65. The van der Waals surface area contributed by atoms with E-state index in [0.29, 0.717) is 0 Å². The molecule has 0 N–H and O–H groups in total. The van der Waals surface area contributed by atoms with Crippen molar-refractivity contribution in [1.82, 2.24) is 0 Å². The van der Waals surface area contributed by atoms with Gasteiger partial charge in [0.2, 0.25) is 0 Å². The summed E-state index contributed by atoms with van der Waals surface area (Å²) in [4.78, 5) is 0. The standard InChI is InChI=1S/C15H15BrSi/c1-17(2,3)10-9-13-11-12-7-5-4-6-8-14(12)15(13)16/h4-8,11H,1-3H3. The quantitative estimate of drug-likeness (QED) is 0.485. The van der Waals surface area contributed by atoms with Crippen molar-refractivity contribution in [2.75, 3.05) is 0 Å². The SMILES string of the molecule is C[Si](C)(C)C#Cc1cc2cccccc-2c1Br. The Labute approximate surface area is 113 Å². The third-order valence-corrected chi connectivity index (χ3v) is 4.15. The third kappa shape index (κ3) is 2.99. The van der Waals surface area contributed by atoms with E-state index >= 15 is 0 Å². The Balaban J connectivity index is 2.53. The second-order valence-corrected chi connectivity index (χ2v) is 10.7. The van der Waals surface area contributed by atoms with Crippen molar-refractivity contribution in [3.05, 3.63) is 46.4 Å². The van der Waals surface area contributed by atoms with Gasteiger partial charge in [-0.3, -0.25) is 0 Å². The topological polar surface area (TPSA) is 0 Å². The van der Waals surface area contributed by atoms with Gasteiger partial charge in [-0.1, -0.05) is 55.9 Å². The van der Waals surface area contributed by atoms with Gasteiger partial charge in [-0.2, -0.15) is 0 Å². The number of halogens is 1. The average molecular weight is 303 g/mol. The van der Waals surface area contributed by atoms with Crippen LogP contribution in [0.25, 0.3) is 11.1 Å². The highest BCUT2D eigenvalue weighted by Gasteiger charge is 2.12. The molecule has 0 saturated carbocycles. The molecule has 0 fully saturated rings. The van der Waals surface area contributed by atoms with Crippen molar-refractivity contribution in [1.29, 1.82) is 0 Å². The van der Waals surface area contributed by atoms with Gasteiger partial charge in [0.05, 0.1) is 0 Å². The summed E-state index contributed by atoms with van der Waals surface area (Å²) < 4.78 is 1.12. The largest absolute Gasteiger partial charge is 0.129 e. The molecule has 2 heteroatoms. The van der Waals surface area contributed by atoms with E-state index in [1.807, 2.05) is 6.07 Å². The number of fused-ring (bicyclic) bond motifs is 1. The van der Waals surface area contributed by atoms with E-state index in [1.165, 1.54) is 11.1 Å². The minimum Gasteiger partial charge on any atom is -0.127 e. The minimum absolute atomic E-state index is 1.11. The highest BCUT2D eigenvalue weighted by molar-refractivity contribution is 9.10. The maximum Gasteiger partial charge on any atom is 0.129 e. The molecule has 0 spiro atoms. The molecule has 0 radical (unpaired) electrons. The van der Waals surface area contributed by atoms with Crippen LogP contribution in [-0.2, 0) is 0 Å². The molecule has 0 aromatic rings. The molecular formula is C15H15BrSi. The molecule has 0 bridgehead atoms. The van der Waals surface area contributed by atoms with Gasteiger partial charge in [-0.05, 0) is 33.1 Å². The molecule has 0 heterocycles. The van der Waals surface area contributed by atoms with Crippen LogP contribution < -0.4 is 0 Å². The van der Waals surface area contributed by atoms with Crippen molar-refractivity contribution in [3.8, 4) is 22.6 Å². The van der Waals surface area contributed by atoms with Crippen LogP contribution >= 0.6 is 15.9 Å².